The molecule has 0 fully saturated rings. The van der Waals surface area contributed by atoms with Gasteiger partial charge in [-0.15, -0.1) is 0 Å². The lowest BCUT2D eigenvalue weighted by Crippen LogP contribution is -2.13. The molecule has 0 radical (unpaired) electrons. The maximum atomic E-state index is 12.6. The zero-order chi connectivity index (χ0) is 22.1. The Bertz CT molecular complexity index is 1040. The number of ether oxygens (including phenoxy) is 1. The number of amides is 1. The number of aromatic carboxylic acids is 1. The van der Waals surface area contributed by atoms with Gasteiger partial charge in [-0.2, -0.15) is 0 Å². The summed E-state index contributed by atoms with van der Waals surface area (Å²) in [4.78, 5) is 24.0. The first-order valence-electron chi connectivity index (χ1n) is 10.4. The zero-order valence-electron chi connectivity index (χ0n) is 17.6. The number of methoxy groups -OCH3 is 1. The number of nitrogens with one attached hydrogen (secondary N) is 1. The fraction of sp³-hybridized carbons (Fsp3) is 0.231. The molecule has 1 amide bonds. The van der Waals surface area contributed by atoms with Gasteiger partial charge in [-0.05, 0) is 67.1 Å². The van der Waals surface area contributed by atoms with Crippen molar-refractivity contribution in [3.05, 3.63) is 95.1 Å². The molecule has 160 valence electrons. The summed E-state index contributed by atoms with van der Waals surface area (Å²) in [5.41, 5.74) is 3.71. The van der Waals surface area contributed by atoms with E-state index in [1.807, 2.05) is 36.4 Å². The van der Waals surface area contributed by atoms with Crippen molar-refractivity contribution in [2.75, 3.05) is 12.4 Å². The van der Waals surface area contributed by atoms with Crippen molar-refractivity contribution in [2.45, 2.75) is 32.1 Å². The van der Waals surface area contributed by atoms with Gasteiger partial charge in [0.25, 0.3) is 5.91 Å². The van der Waals surface area contributed by atoms with Crippen LogP contribution in [0.25, 0.3) is 0 Å². The fourth-order valence-electron chi connectivity index (χ4n) is 3.57. The molecule has 0 heterocycles. The highest BCUT2D eigenvalue weighted by Crippen LogP contribution is 2.21. The number of hydrogen-bond acceptors (Lipinski definition) is 3. The Balaban J connectivity index is 1.54. The number of anilines is 1. The average molecular weight is 418 g/mol. The van der Waals surface area contributed by atoms with Gasteiger partial charge in [-0.25, -0.2) is 4.79 Å². The third-order valence-electron chi connectivity index (χ3n) is 5.24. The van der Waals surface area contributed by atoms with E-state index in [1.54, 1.807) is 43.5 Å². The van der Waals surface area contributed by atoms with Crippen LogP contribution in [0.15, 0.2) is 72.8 Å². The second-order valence-corrected chi connectivity index (χ2v) is 7.37. The van der Waals surface area contributed by atoms with Crippen molar-refractivity contribution >= 4 is 17.6 Å². The van der Waals surface area contributed by atoms with Crippen LogP contribution in [0.5, 0.6) is 5.75 Å². The largest absolute Gasteiger partial charge is 0.497 e. The van der Waals surface area contributed by atoms with Gasteiger partial charge in [0, 0.05) is 11.3 Å². The number of carboxylic acids is 1. The molecule has 0 aliphatic rings. The summed E-state index contributed by atoms with van der Waals surface area (Å²) in [5, 5.41) is 12.3. The molecule has 0 bridgehead atoms. The number of carbonyl (C=O) groups excluding carboxylic acids is 1. The standard InChI is InChI=1S/C26H27NO4/c1-31-22-15-9-14-21(18-22)25(28)27-24-17-8-6-13-20(24)12-4-2-3-10-19-11-5-7-16-23(19)26(29)30/h5-9,11,13-18H,2-4,10,12H2,1H3,(H,27,28)(H,29,30). The van der Waals surface area contributed by atoms with Gasteiger partial charge in [0.2, 0.25) is 0 Å². The Hall–Kier alpha value is -3.60. The minimum atomic E-state index is -0.878. The SMILES string of the molecule is COc1cccc(C(=O)Nc2ccccc2CCCCCc2ccccc2C(=O)O)c1. The van der Waals surface area contributed by atoms with Gasteiger partial charge in [0.05, 0.1) is 12.7 Å². The number of unbranched alkanes of at least 4 members (excludes halogenated alkanes) is 2. The highest BCUT2D eigenvalue weighted by atomic mass is 16.5. The van der Waals surface area contributed by atoms with Crippen molar-refractivity contribution in [1.82, 2.24) is 0 Å². The highest BCUT2D eigenvalue weighted by Gasteiger charge is 2.11. The molecule has 2 N–H and O–H groups in total. The third kappa shape index (κ3) is 6.19. The van der Waals surface area contributed by atoms with E-state index < -0.39 is 5.97 Å². The minimum absolute atomic E-state index is 0.170. The number of aryl methyl sites for hydroxylation is 2. The lowest BCUT2D eigenvalue weighted by atomic mass is 9.99. The summed E-state index contributed by atoms with van der Waals surface area (Å²) in [7, 11) is 1.58. The number of para-hydroxylation sites is 1. The number of carboxylic acid groups (broad SMARTS) is 1. The molecular weight excluding hydrogens is 390 g/mol. The van der Waals surface area contributed by atoms with Gasteiger partial charge >= 0.3 is 5.97 Å². The summed E-state index contributed by atoms with van der Waals surface area (Å²) < 4.78 is 5.19. The average Bonchev–Trinajstić information content (AvgIpc) is 2.80. The van der Waals surface area contributed by atoms with Crippen LogP contribution in [0.3, 0.4) is 0 Å². The lowest BCUT2D eigenvalue weighted by molar-refractivity contribution is 0.0695. The van der Waals surface area contributed by atoms with E-state index in [0.29, 0.717) is 16.9 Å². The van der Waals surface area contributed by atoms with Crippen LogP contribution in [-0.2, 0) is 12.8 Å². The molecule has 0 saturated carbocycles. The normalized spacial score (nSPS) is 10.5. The smallest absolute Gasteiger partial charge is 0.335 e. The summed E-state index contributed by atoms with van der Waals surface area (Å²) >= 11 is 0. The fourth-order valence-corrected chi connectivity index (χ4v) is 3.57. The predicted molar refractivity (Wildman–Crippen MR) is 122 cm³/mol. The van der Waals surface area contributed by atoms with E-state index in [0.717, 1.165) is 48.9 Å². The topological polar surface area (TPSA) is 75.6 Å². The number of carbonyl (C=O) groups is 2. The van der Waals surface area contributed by atoms with Crippen LogP contribution in [0.4, 0.5) is 5.69 Å². The molecule has 0 aliphatic heterocycles. The van der Waals surface area contributed by atoms with Crippen molar-refractivity contribution in [1.29, 1.82) is 0 Å². The van der Waals surface area contributed by atoms with E-state index in [1.165, 1.54) is 0 Å². The number of hydrogen-bond donors (Lipinski definition) is 2. The molecule has 0 atom stereocenters. The molecule has 5 nitrogen and oxygen atoms in total. The van der Waals surface area contributed by atoms with Crippen LogP contribution < -0.4 is 10.1 Å². The van der Waals surface area contributed by atoms with E-state index in [9.17, 15) is 14.7 Å². The van der Waals surface area contributed by atoms with Gasteiger partial charge in [-0.1, -0.05) is 48.9 Å². The Morgan fingerprint density at radius 2 is 1.52 bits per heavy atom. The quantitative estimate of drug-likeness (QED) is 0.421. The molecule has 0 aromatic heterocycles. The Morgan fingerprint density at radius 1 is 0.839 bits per heavy atom. The second kappa shape index (κ2) is 11.0. The van der Waals surface area contributed by atoms with Crippen LogP contribution >= 0.6 is 0 Å². The van der Waals surface area contributed by atoms with Crippen molar-refractivity contribution in [2.24, 2.45) is 0 Å². The maximum absolute atomic E-state index is 12.6. The maximum Gasteiger partial charge on any atom is 0.335 e. The van der Waals surface area contributed by atoms with Crippen LogP contribution in [0, 0.1) is 0 Å². The van der Waals surface area contributed by atoms with Gasteiger partial charge in [0.1, 0.15) is 5.75 Å². The Morgan fingerprint density at radius 3 is 2.26 bits per heavy atom. The molecule has 31 heavy (non-hydrogen) atoms. The first-order chi connectivity index (χ1) is 15.1. The monoisotopic (exact) mass is 417 g/mol. The highest BCUT2D eigenvalue weighted by molar-refractivity contribution is 6.04. The number of benzene rings is 3. The molecular formula is C26H27NO4. The third-order valence-corrected chi connectivity index (χ3v) is 5.24. The predicted octanol–water partition coefficient (Wildman–Crippen LogP) is 5.60. The van der Waals surface area contributed by atoms with Crippen molar-refractivity contribution in [3.8, 4) is 5.75 Å². The summed E-state index contributed by atoms with van der Waals surface area (Å²) in [5.74, 6) is -0.404. The van der Waals surface area contributed by atoms with E-state index in [-0.39, 0.29) is 5.91 Å². The summed E-state index contributed by atoms with van der Waals surface area (Å²) in [6, 6.07) is 22.1. The molecule has 0 spiro atoms. The molecule has 3 aromatic rings. The van der Waals surface area contributed by atoms with Gasteiger partial charge < -0.3 is 15.2 Å². The second-order valence-electron chi connectivity index (χ2n) is 7.37. The minimum Gasteiger partial charge on any atom is -0.497 e. The summed E-state index contributed by atoms with van der Waals surface area (Å²) in [6.07, 6.45) is 4.45. The molecule has 0 aliphatic carbocycles. The van der Waals surface area contributed by atoms with Crippen molar-refractivity contribution < 1.29 is 19.4 Å². The number of rotatable bonds is 10. The van der Waals surface area contributed by atoms with Crippen LogP contribution in [0.2, 0.25) is 0 Å². The molecule has 0 saturated heterocycles. The van der Waals surface area contributed by atoms with E-state index >= 15 is 0 Å². The first kappa shape index (κ1) is 22.1. The molecule has 5 heteroatoms. The lowest BCUT2D eigenvalue weighted by Gasteiger charge is -2.12. The summed E-state index contributed by atoms with van der Waals surface area (Å²) in [6.45, 7) is 0. The van der Waals surface area contributed by atoms with Crippen molar-refractivity contribution in [3.63, 3.8) is 0 Å². The molecule has 0 unspecified atom stereocenters. The van der Waals surface area contributed by atoms with E-state index in [2.05, 4.69) is 5.32 Å². The molecule has 3 rings (SSSR count). The zero-order valence-corrected chi connectivity index (χ0v) is 17.6. The Kier molecular flexibility index (Phi) is 7.82. The first-order valence-corrected chi connectivity index (χ1v) is 10.4. The Labute approximate surface area is 182 Å². The van der Waals surface area contributed by atoms with Crippen LogP contribution in [0.1, 0.15) is 51.1 Å². The molecule has 3 aromatic carbocycles. The van der Waals surface area contributed by atoms with E-state index in [4.69, 9.17) is 4.74 Å². The van der Waals surface area contributed by atoms with Gasteiger partial charge in [-0.3, -0.25) is 4.79 Å². The van der Waals surface area contributed by atoms with Crippen LogP contribution in [-0.4, -0.2) is 24.1 Å². The van der Waals surface area contributed by atoms with Gasteiger partial charge in [0.15, 0.2) is 0 Å².